The number of amides is 1. The molecule has 7 nitrogen and oxygen atoms in total. The number of hydrogen-bond donors (Lipinski definition) is 4. The molecule has 2 unspecified atom stereocenters. The van der Waals surface area contributed by atoms with Crippen LogP contribution in [0.1, 0.15) is 38.9 Å². The molecule has 0 aromatic carbocycles. The van der Waals surface area contributed by atoms with Crippen molar-refractivity contribution in [2.75, 3.05) is 12.3 Å². The van der Waals surface area contributed by atoms with Crippen molar-refractivity contribution in [3.05, 3.63) is 23.6 Å². The third-order valence-electron chi connectivity index (χ3n) is 2.71. The highest BCUT2D eigenvalue weighted by Crippen LogP contribution is 2.23. The summed E-state index contributed by atoms with van der Waals surface area (Å²) in [5.74, 6) is -0.726. The zero-order valence-electron chi connectivity index (χ0n) is 12.8. The summed E-state index contributed by atoms with van der Waals surface area (Å²) in [7, 11) is 0. The Labute approximate surface area is 128 Å². The lowest BCUT2D eigenvalue weighted by Crippen LogP contribution is -2.34. The lowest BCUT2D eigenvalue weighted by molar-refractivity contribution is 0.0124. The second-order valence-corrected chi connectivity index (χ2v) is 5.86. The first kappa shape index (κ1) is 18.1. The number of carbonyl (C=O) groups excluding carboxylic acids is 1. The maximum Gasteiger partial charge on any atom is 0.407 e. The summed E-state index contributed by atoms with van der Waals surface area (Å²) in [6.45, 7) is 5.26. The van der Waals surface area contributed by atoms with Crippen LogP contribution in [0.15, 0.2) is 12.3 Å². The Balaban J connectivity index is 2.50. The Bertz CT molecular complexity index is 519. The maximum atomic E-state index is 13.1. The molecule has 0 saturated carbocycles. The summed E-state index contributed by atoms with van der Waals surface area (Å²) in [5, 5.41) is 22.3. The molecule has 1 aromatic heterocycles. The second-order valence-electron chi connectivity index (χ2n) is 5.86. The van der Waals surface area contributed by atoms with Gasteiger partial charge in [0.05, 0.1) is 12.3 Å². The molecule has 5 N–H and O–H groups in total. The van der Waals surface area contributed by atoms with E-state index in [0.29, 0.717) is 0 Å². The van der Waals surface area contributed by atoms with Crippen molar-refractivity contribution in [1.29, 1.82) is 0 Å². The third kappa shape index (κ3) is 5.82. The number of nitrogens with one attached hydrogen (secondary N) is 1. The Morgan fingerprint density at radius 3 is 2.73 bits per heavy atom. The number of ether oxygens (including phenoxy) is 1. The fraction of sp³-hybridized carbons (Fsp3) is 0.571. The first-order valence-electron chi connectivity index (χ1n) is 6.84. The molecule has 1 rings (SSSR count). The summed E-state index contributed by atoms with van der Waals surface area (Å²) in [5.41, 5.74) is 4.92. The quantitative estimate of drug-likeness (QED) is 0.646. The van der Waals surface area contributed by atoms with Crippen LogP contribution in [0.25, 0.3) is 0 Å². The zero-order chi connectivity index (χ0) is 16.9. The number of rotatable bonds is 5. The van der Waals surface area contributed by atoms with Crippen LogP contribution in [0.5, 0.6) is 0 Å². The van der Waals surface area contributed by atoms with E-state index in [1.807, 2.05) is 0 Å². The SMILES string of the molecule is CC(C)(C)OC(=O)NCCC(O)C(O)c1cc(F)cnc1N. The van der Waals surface area contributed by atoms with E-state index in [0.717, 1.165) is 12.3 Å². The van der Waals surface area contributed by atoms with Crippen LogP contribution in [0, 0.1) is 5.82 Å². The summed E-state index contributed by atoms with van der Waals surface area (Å²) in [6.07, 6.45) is -2.30. The van der Waals surface area contributed by atoms with Crippen molar-refractivity contribution < 1.29 is 24.1 Å². The summed E-state index contributed by atoms with van der Waals surface area (Å²) in [4.78, 5) is 15.0. The van der Waals surface area contributed by atoms with Crippen molar-refractivity contribution in [3.63, 3.8) is 0 Å². The van der Waals surface area contributed by atoms with Crippen molar-refractivity contribution in [2.24, 2.45) is 0 Å². The average molecular weight is 315 g/mol. The monoisotopic (exact) mass is 315 g/mol. The highest BCUT2D eigenvalue weighted by Gasteiger charge is 2.22. The van der Waals surface area contributed by atoms with Gasteiger partial charge in [0.2, 0.25) is 0 Å². The van der Waals surface area contributed by atoms with Crippen LogP contribution >= 0.6 is 0 Å². The highest BCUT2D eigenvalue weighted by molar-refractivity contribution is 5.67. The molecule has 124 valence electrons. The molecule has 0 bridgehead atoms. The van der Waals surface area contributed by atoms with E-state index < -0.39 is 29.7 Å². The van der Waals surface area contributed by atoms with Crippen LogP contribution in [0.4, 0.5) is 15.0 Å². The van der Waals surface area contributed by atoms with Gasteiger partial charge in [-0.2, -0.15) is 0 Å². The first-order valence-corrected chi connectivity index (χ1v) is 6.84. The second kappa shape index (κ2) is 7.37. The smallest absolute Gasteiger partial charge is 0.407 e. The molecule has 1 amide bonds. The Kier molecular flexibility index (Phi) is 6.07. The van der Waals surface area contributed by atoms with Crippen LogP contribution in [0.3, 0.4) is 0 Å². The lowest BCUT2D eigenvalue weighted by Gasteiger charge is -2.21. The molecule has 22 heavy (non-hydrogen) atoms. The molecule has 0 radical (unpaired) electrons. The fourth-order valence-corrected chi connectivity index (χ4v) is 1.70. The number of nitrogens with zero attached hydrogens (tertiary/aromatic N) is 1. The predicted octanol–water partition coefficient (Wildman–Crippen LogP) is 1.11. The molecular weight excluding hydrogens is 293 g/mol. The fourth-order valence-electron chi connectivity index (χ4n) is 1.70. The number of anilines is 1. The van der Waals surface area contributed by atoms with Crippen molar-refractivity contribution >= 4 is 11.9 Å². The van der Waals surface area contributed by atoms with E-state index in [4.69, 9.17) is 10.5 Å². The van der Waals surface area contributed by atoms with Gasteiger partial charge < -0.3 is 26.0 Å². The van der Waals surface area contributed by atoms with Crippen LogP contribution in [0.2, 0.25) is 0 Å². The van der Waals surface area contributed by atoms with Gasteiger partial charge in [-0.25, -0.2) is 14.2 Å². The van der Waals surface area contributed by atoms with E-state index in [9.17, 15) is 19.4 Å². The van der Waals surface area contributed by atoms with E-state index in [-0.39, 0.29) is 24.3 Å². The molecule has 0 saturated heterocycles. The number of carbonyl (C=O) groups is 1. The van der Waals surface area contributed by atoms with Crippen molar-refractivity contribution in [2.45, 2.75) is 45.0 Å². The summed E-state index contributed by atoms with van der Waals surface area (Å²) < 4.78 is 18.1. The van der Waals surface area contributed by atoms with Gasteiger partial charge in [-0.15, -0.1) is 0 Å². The first-order chi connectivity index (χ1) is 10.1. The Morgan fingerprint density at radius 1 is 1.50 bits per heavy atom. The van der Waals surface area contributed by atoms with Gasteiger partial charge in [0.1, 0.15) is 23.3 Å². The molecule has 1 heterocycles. The van der Waals surface area contributed by atoms with Gasteiger partial charge >= 0.3 is 6.09 Å². The van der Waals surface area contributed by atoms with E-state index in [1.54, 1.807) is 20.8 Å². The summed E-state index contributed by atoms with van der Waals surface area (Å²) >= 11 is 0. The molecule has 2 atom stereocenters. The van der Waals surface area contributed by atoms with Gasteiger partial charge in [-0.1, -0.05) is 0 Å². The van der Waals surface area contributed by atoms with Gasteiger partial charge in [-0.05, 0) is 33.3 Å². The van der Waals surface area contributed by atoms with Crippen LogP contribution in [-0.4, -0.2) is 39.5 Å². The minimum Gasteiger partial charge on any atom is -0.444 e. The van der Waals surface area contributed by atoms with E-state index >= 15 is 0 Å². The van der Waals surface area contributed by atoms with Crippen molar-refractivity contribution in [1.82, 2.24) is 10.3 Å². The number of nitrogens with two attached hydrogens (primary N) is 1. The summed E-state index contributed by atoms with van der Waals surface area (Å²) in [6, 6.07) is 1.01. The van der Waals surface area contributed by atoms with Crippen LogP contribution < -0.4 is 11.1 Å². The molecule has 0 aliphatic rings. The molecule has 0 aliphatic heterocycles. The minimum atomic E-state index is -1.40. The Morgan fingerprint density at radius 2 is 2.14 bits per heavy atom. The lowest BCUT2D eigenvalue weighted by atomic mass is 10.0. The largest absolute Gasteiger partial charge is 0.444 e. The number of aliphatic hydroxyl groups excluding tert-OH is 2. The number of alkyl carbamates (subject to hydrolysis) is 1. The highest BCUT2D eigenvalue weighted by atomic mass is 19.1. The number of aromatic nitrogens is 1. The number of aliphatic hydroxyl groups is 2. The van der Waals surface area contributed by atoms with Gasteiger partial charge in [0, 0.05) is 12.1 Å². The zero-order valence-corrected chi connectivity index (χ0v) is 12.8. The molecule has 0 spiro atoms. The standard InChI is InChI=1S/C14H22FN3O4/c1-14(2,3)22-13(21)17-5-4-10(19)11(20)9-6-8(15)7-18-12(9)16/h6-7,10-11,19-20H,4-5H2,1-3H3,(H2,16,18)(H,17,21). The molecule has 1 aromatic rings. The third-order valence-corrected chi connectivity index (χ3v) is 2.71. The van der Waals surface area contributed by atoms with Gasteiger partial charge in [-0.3, -0.25) is 0 Å². The number of nitrogen functional groups attached to an aromatic ring is 1. The van der Waals surface area contributed by atoms with Crippen molar-refractivity contribution in [3.8, 4) is 0 Å². The maximum absolute atomic E-state index is 13.1. The number of pyridine rings is 1. The number of hydrogen-bond acceptors (Lipinski definition) is 6. The number of halogens is 1. The van der Waals surface area contributed by atoms with Gasteiger partial charge in [0.15, 0.2) is 0 Å². The van der Waals surface area contributed by atoms with Gasteiger partial charge in [0.25, 0.3) is 0 Å². The van der Waals surface area contributed by atoms with Crippen LogP contribution in [-0.2, 0) is 4.74 Å². The molecule has 0 aliphatic carbocycles. The molecule has 0 fully saturated rings. The molecular formula is C14H22FN3O4. The Hall–Kier alpha value is -1.93. The molecule has 8 heteroatoms. The van der Waals surface area contributed by atoms with E-state index in [2.05, 4.69) is 10.3 Å². The minimum absolute atomic E-state index is 0.00441. The topological polar surface area (TPSA) is 118 Å². The average Bonchev–Trinajstić information content (AvgIpc) is 2.38. The van der Waals surface area contributed by atoms with E-state index in [1.165, 1.54) is 0 Å². The predicted molar refractivity (Wildman–Crippen MR) is 78.4 cm³/mol. The normalized spacial score (nSPS) is 14.3.